The van der Waals surface area contributed by atoms with Gasteiger partial charge < -0.3 is 51.7 Å². The van der Waals surface area contributed by atoms with E-state index in [0.717, 1.165) is 64.2 Å². The number of carbonyl (C=O) groups excluding carboxylic acids is 5. The molecule has 0 heterocycles. The van der Waals surface area contributed by atoms with Crippen molar-refractivity contribution in [3.8, 4) is 5.75 Å². The van der Waals surface area contributed by atoms with Crippen LogP contribution in [0, 0.1) is 0 Å². The molecule has 0 unspecified atom stereocenters. The maximum Gasteiger partial charge on any atom is 0.335 e. The summed E-state index contributed by atoms with van der Waals surface area (Å²) < 4.78 is 5.64. The molecule has 0 spiro atoms. The van der Waals surface area contributed by atoms with Gasteiger partial charge in [0.15, 0.2) is 0 Å². The normalized spacial score (nSPS) is 12.4. The summed E-state index contributed by atoms with van der Waals surface area (Å²) >= 11 is 0. The molecule has 0 aliphatic rings. The summed E-state index contributed by atoms with van der Waals surface area (Å²) in [5.41, 5.74) is 0.216. The molecule has 17 heteroatoms. The first-order valence-corrected chi connectivity index (χ1v) is 18.3. The predicted octanol–water partition coefficient (Wildman–Crippen LogP) is 1.00. The molecule has 0 fully saturated rings. The summed E-state index contributed by atoms with van der Waals surface area (Å²) in [7, 11) is 0. The van der Waals surface area contributed by atoms with Gasteiger partial charge in [-0.3, -0.25) is 24.0 Å². The number of aliphatic hydroxyl groups excluding tert-OH is 2. The second-order valence-electron chi connectivity index (χ2n) is 12.6. The van der Waals surface area contributed by atoms with E-state index in [1.54, 1.807) is 12.1 Å². The zero-order valence-corrected chi connectivity index (χ0v) is 30.5. The number of hydrogen-bond acceptors (Lipinski definition) is 10. The van der Waals surface area contributed by atoms with E-state index in [1.807, 2.05) is 6.92 Å². The van der Waals surface area contributed by atoms with E-state index in [1.165, 1.54) is 12.1 Å². The van der Waals surface area contributed by atoms with Crippen LogP contribution < -0.4 is 31.3 Å². The lowest BCUT2D eigenvalue weighted by Gasteiger charge is -2.19. The lowest BCUT2D eigenvalue weighted by atomic mass is 10.1. The van der Waals surface area contributed by atoms with Crippen molar-refractivity contribution < 1.29 is 58.7 Å². The van der Waals surface area contributed by atoms with Crippen LogP contribution >= 0.6 is 0 Å². The summed E-state index contributed by atoms with van der Waals surface area (Å²) in [6.07, 6.45) is 9.54. The monoisotopic (exact) mass is 751 g/mol. The Morgan fingerprint density at radius 2 is 1.13 bits per heavy atom. The van der Waals surface area contributed by atoms with Crippen LogP contribution in [0.1, 0.15) is 107 Å². The van der Waals surface area contributed by atoms with Crippen LogP contribution in [-0.2, 0) is 28.8 Å². The molecule has 0 aliphatic heterocycles. The molecule has 298 valence electrons. The Labute approximate surface area is 310 Å². The molecule has 1 aromatic rings. The van der Waals surface area contributed by atoms with Gasteiger partial charge in [-0.05, 0) is 49.9 Å². The van der Waals surface area contributed by atoms with Crippen LogP contribution in [-0.4, -0.2) is 113 Å². The molecule has 3 atom stereocenters. The maximum atomic E-state index is 12.4. The molecule has 0 aliphatic carbocycles. The SMILES string of the molecule is CCCCNC(=O)[C@H](CO)NC(=O)CNC(=O)[C@H](CO)NC(=O)CC[C@H](NC(=O)CCCCCCCCCCCOc1ccc(C(=O)O)cc1)C(=O)O. The highest BCUT2D eigenvalue weighted by atomic mass is 16.5. The summed E-state index contributed by atoms with van der Waals surface area (Å²) in [5.74, 6) is -5.15. The largest absolute Gasteiger partial charge is 0.494 e. The Bertz CT molecular complexity index is 1290. The Balaban J connectivity index is 2.22. The van der Waals surface area contributed by atoms with Gasteiger partial charge in [-0.25, -0.2) is 9.59 Å². The van der Waals surface area contributed by atoms with Gasteiger partial charge in [0.1, 0.15) is 23.9 Å². The highest BCUT2D eigenvalue weighted by Gasteiger charge is 2.25. The zero-order valence-electron chi connectivity index (χ0n) is 30.5. The molecular weight excluding hydrogens is 694 g/mol. The average Bonchev–Trinajstić information content (AvgIpc) is 3.13. The fraction of sp³-hybridized carbons (Fsp3) is 0.639. The molecule has 9 N–H and O–H groups in total. The first kappa shape index (κ1) is 46.3. The number of nitrogens with one attached hydrogen (secondary N) is 5. The van der Waals surface area contributed by atoms with Gasteiger partial charge in [0.05, 0.1) is 31.9 Å². The second kappa shape index (κ2) is 27.8. The van der Waals surface area contributed by atoms with E-state index in [4.69, 9.17) is 9.84 Å². The first-order valence-electron chi connectivity index (χ1n) is 18.3. The molecular formula is C36H57N5O12. The standard InChI is InChI=1S/C36H57N5O12/c1-2-3-20-37-33(47)28(23-42)41-32(46)22-38-34(48)29(24-43)40-31(45)19-18-27(36(51)52)39-30(44)13-11-9-7-5-4-6-8-10-12-21-53-26-16-14-25(15-17-26)35(49)50/h14-17,27-29,42-43H,2-13,18-24H2,1H3,(H,37,47)(H,38,48)(H,39,44)(H,40,45)(H,41,46)(H,49,50)(H,51,52)/t27-,28-,29-/m0/s1. The van der Waals surface area contributed by atoms with Gasteiger partial charge in [-0.15, -0.1) is 0 Å². The third-order valence-electron chi connectivity index (χ3n) is 8.13. The van der Waals surface area contributed by atoms with Crippen molar-refractivity contribution >= 4 is 41.5 Å². The highest BCUT2D eigenvalue weighted by molar-refractivity contribution is 5.93. The third-order valence-corrected chi connectivity index (χ3v) is 8.13. The number of rotatable bonds is 30. The molecule has 0 saturated heterocycles. The van der Waals surface area contributed by atoms with Crippen molar-refractivity contribution in [1.29, 1.82) is 0 Å². The number of benzene rings is 1. The number of amides is 5. The lowest BCUT2D eigenvalue weighted by molar-refractivity contribution is -0.142. The zero-order chi connectivity index (χ0) is 39.4. The van der Waals surface area contributed by atoms with Gasteiger partial charge in [0.2, 0.25) is 29.5 Å². The number of carboxylic acids is 2. The highest BCUT2D eigenvalue weighted by Crippen LogP contribution is 2.14. The number of carbonyl (C=O) groups is 7. The Hall–Kier alpha value is -4.77. The van der Waals surface area contributed by atoms with Gasteiger partial charge in [-0.2, -0.15) is 0 Å². The summed E-state index contributed by atoms with van der Waals surface area (Å²) in [6.45, 7) is 0.783. The van der Waals surface area contributed by atoms with Crippen LogP contribution in [0.3, 0.4) is 0 Å². The van der Waals surface area contributed by atoms with E-state index in [9.17, 15) is 48.9 Å². The maximum absolute atomic E-state index is 12.4. The quantitative estimate of drug-likeness (QED) is 0.0499. The van der Waals surface area contributed by atoms with E-state index < -0.39 is 79.4 Å². The topological polar surface area (TPSA) is 270 Å². The molecule has 0 radical (unpaired) electrons. The number of unbranched alkanes of at least 4 members (excludes halogenated alkanes) is 9. The van der Waals surface area contributed by atoms with Crippen molar-refractivity contribution in [3.05, 3.63) is 29.8 Å². The van der Waals surface area contributed by atoms with Crippen LogP contribution in [0.15, 0.2) is 24.3 Å². The molecule has 1 aromatic carbocycles. The average molecular weight is 752 g/mol. The fourth-order valence-electron chi connectivity index (χ4n) is 5.01. The van der Waals surface area contributed by atoms with Crippen molar-refractivity contribution in [3.63, 3.8) is 0 Å². The van der Waals surface area contributed by atoms with Gasteiger partial charge in [-0.1, -0.05) is 58.3 Å². The second-order valence-corrected chi connectivity index (χ2v) is 12.6. The molecule has 53 heavy (non-hydrogen) atoms. The minimum atomic E-state index is -1.45. The summed E-state index contributed by atoms with van der Waals surface area (Å²) in [6, 6.07) is 2.30. The molecule has 1 rings (SSSR count). The molecule has 0 bridgehead atoms. The van der Waals surface area contributed by atoms with Crippen molar-refractivity contribution in [2.24, 2.45) is 0 Å². The van der Waals surface area contributed by atoms with E-state index >= 15 is 0 Å². The van der Waals surface area contributed by atoms with Gasteiger partial charge in [0, 0.05) is 19.4 Å². The first-order chi connectivity index (χ1) is 25.4. The minimum absolute atomic E-state index is 0.137. The fourth-order valence-corrected chi connectivity index (χ4v) is 5.01. The Kier molecular flexibility index (Phi) is 24.3. The third kappa shape index (κ3) is 21.4. The molecule has 0 aromatic heterocycles. The van der Waals surface area contributed by atoms with Gasteiger partial charge in [0.25, 0.3) is 0 Å². The van der Waals surface area contributed by atoms with E-state index in [2.05, 4.69) is 26.6 Å². The van der Waals surface area contributed by atoms with Crippen LogP contribution in [0.5, 0.6) is 5.75 Å². The van der Waals surface area contributed by atoms with Crippen LogP contribution in [0.4, 0.5) is 0 Å². The number of aromatic carboxylic acids is 1. The van der Waals surface area contributed by atoms with Gasteiger partial charge >= 0.3 is 11.9 Å². The van der Waals surface area contributed by atoms with E-state index in [0.29, 0.717) is 25.3 Å². The predicted molar refractivity (Wildman–Crippen MR) is 193 cm³/mol. The summed E-state index contributed by atoms with van der Waals surface area (Å²) in [5, 5.41) is 49.2. The minimum Gasteiger partial charge on any atom is -0.494 e. The van der Waals surface area contributed by atoms with Crippen molar-refractivity contribution in [2.75, 3.05) is 32.9 Å². The Morgan fingerprint density at radius 3 is 1.68 bits per heavy atom. The van der Waals surface area contributed by atoms with Crippen LogP contribution in [0.25, 0.3) is 0 Å². The number of carboxylic acid groups (broad SMARTS) is 2. The van der Waals surface area contributed by atoms with E-state index in [-0.39, 0.29) is 24.8 Å². The smallest absolute Gasteiger partial charge is 0.335 e. The number of aliphatic hydroxyl groups is 2. The summed E-state index contributed by atoms with van der Waals surface area (Å²) in [4.78, 5) is 84.0. The van der Waals surface area contributed by atoms with Crippen molar-refractivity contribution in [1.82, 2.24) is 26.6 Å². The van der Waals surface area contributed by atoms with Crippen LogP contribution in [0.2, 0.25) is 0 Å². The Morgan fingerprint density at radius 1 is 0.623 bits per heavy atom. The lowest BCUT2D eigenvalue weighted by Crippen LogP contribution is -2.54. The molecule has 5 amide bonds. The van der Waals surface area contributed by atoms with Crippen molar-refractivity contribution in [2.45, 2.75) is 115 Å². The number of ether oxygens (including phenoxy) is 1. The number of aliphatic carboxylic acids is 1. The number of hydrogen-bond donors (Lipinski definition) is 9. The molecule has 17 nitrogen and oxygen atoms in total. The molecule has 0 saturated carbocycles.